The Hall–Kier alpha value is -2.43. The highest BCUT2D eigenvalue weighted by Crippen LogP contribution is 2.32. The van der Waals surface area contributed by atoms with E-state index in [9.17, 15) is 4.79 Å². The van der Waals surface area contributed by atoms with Gasteiger partial charge >= 0.3 is 0 Å². The molecule has 0 aliphatic carbocycles. The summed E-state index contributed by atoms with van der Waals surface area (Å²) >= 11 is 0. The van der Waals surface area contributed by atoms with Gasteiger partial charge in [-0.15, -0.1) is 0 Å². The Bertz CT molecular complexity index is 705. The van der Waals surface area contributed by atoms with E-state index in [4.69, 9.17) is 15.2 Å². The Morgan fingerprint density at radius 2 is 1.71 bits per heavy atom. The molecule has 0 aliphatic heterocycles. The normalized spacial score (nSPS) is 10.7. The number of nitrogens with two attached hydrogens (primary N) is 1. The lowest BCUT2D eigenvalue weighted by molar-refractivity contribution is 0.355. The van der Waals surface area contributed by atoms with Crippen LogP contribution in [-0.2, 0) is 0 Å². The van der Waals surface area contributed by atoms with Gasteiger partial charge in [0.2, 0.25) is 0 Å². The maximum atomic E-state index is 12.3. The summed E-state index contributed by atoms with van der Waals surface area (Å²) in [6.45, 7) is 3.90. The summed E-state index contributed by atoms with van der Waals surface area (Å²) in [7, 11) is 3.17. The van der Waals surface area contributed by atoms with Crippen LogP contribution in [0.1, 0.15) is 19.9 Å². The first-order valence-electron chi connectivity index (χ1n) is 6.73. The number of aromatic nitrogens is 1. The topological polar surface area (TPSA) is 66.5 Å². The van der Waals surface area contributed by atoms with E-state index in [2.05, 4.69) is 0 Å². The van der Waals surface area contributed by atoms with Crippen molar-refractivity contribution in [2.24, 2.45) is 0 Å². The van der Waals surface area contributed by atoms with Crippen molar-refractivity contribution in [2.75, 3.05) is 20.0 Å². The van der Waals surface area contributed by atoms with Crippen molar-refractivity contribution >= 4 is 5.69 Å². The van der Waals surface area contributed by atoms with Crippen LogP contribution in [0, 0.1) is 0 Å². The van der Waals surface area contributed by atoms with Crippen LogP contribution in [0.4, 0.5) is 5.69 Å². The fourth-order valence-corrected chi connectivity index (χ4v) is 2.31. The number of hydrogen-bond acceptors (Lipinski definition) is 4. The molecule has 0 amide bonds. The highest BCUT2D eigenvalue weighted by atomic mass is 16.5. The number of ether oxygens (including phenoxy) is 2. The lowest BCUT2D eigenvalue weighted by atomic mass is 10.1. The minimum Gasteiger partial charge on any atom is -0.493 e. The number of hydrogen-bond donors (Lipinski definition) is 1. The molecule has 1 aromatic heterocycles. The quantitative estimate of drug-likeness (QED) is 0.939. The molecule has 2 rings (SSSR count). The zero-order chi connectivity index (χ0) is 15.6. The Kier molecular flexibility index (Phi) is 4.21. The predicted molar refractivity (Wildman–Crippen MR) is 84.0 cm³/mol. The molecule has 0 spiro atoms. The third-order valence-electron chi connectivity index (χ3n) is 3.34. The van der Waals surface area contributed by atoms with Gasteiger partial charge in [-0.3, -0.25) is 4.79 Å². The second-order valence-corrected chi connectivity index (χ2v) is 5.01. The average molecular weight is 288 g/mol. The molecule has 2 aromatic rings. The van der Waals surface area contributed by atoms with Gasteiger partial charge in [-0.05, 0) is 44.2 Å². The number of pyridine rings is 1. The van der Waals surface area contributed by atoms with Crippen molar-refractivity contribution in [3.05, 3.63) is 40.7 Å². The number of rotatable bonds is 4. The molecular formula is C16H20N2O3. The predicted octanol–water partition coefficient (Wildman–Crippen LogP) is 2.70. The first-order valence-corrected chi connectivity index (χ1v) is 6.73. The number of anilines is 1. The molecule has 0 bridgehead atoms. The second kappa shape index (κ2) is 5.91. The average Bonchev–Trinajstić information content (AvgIpc) is 2.48. The fourth-order valence-electron chi connectivity index (χ4n) is 2.31. The van der Waals surface area contributed by atoms with E-state index in [0.717, 1.165) is 11.3 Å². The maximum absolute atomic E-state index is 12.3. The van der Waals surface area contributed by atoms with Gasteiger partial charge < -0.3 is 19.8 Å². The van der Waals surface area contributed by atoms with Crippen LogP contribution < -0.4 is 20.8 Å². The van der Waals surface area contributed by atoms with E-state index in [1.54, 1.807) is 24.9 Å². The van der Waals surface area contributed by atoms with Gasteiger partial charge in [-0.1, -0.05) is 0 Å². The Balaban J connectivity index is 2.67. The van der Waals surface area contributed by atoms with Crippen LogP contribution in [-0.4, -0.2) is 18.8 Å². The summed E-state index contributed by atoms with van der Waals surface area (Å²) in [5.41, 5.74) is 7.46. The monoisotopic (exact) mass is 288 g/mol. The van der Waals surface area contributed by atoms with E-state index < -0.39 is 0 Å². The Labute approximate surface area is 123 Å². The Morgan fingerprint density at radius 3 is 2.29 bits per heavy atom. The molecule has 0 unspecified atom stereocenters. The number of benzene rings is 1. The summed E-state index contributed by atoms with van der Waals surface area (Å²) in [5.74, 6) is 1.27. The number of methoxy groups -OCH3 is 2. The van der Waals surface area contributed by atoms with E-state index in [-0.39, 0.29) is 17.3 Å². The number of nitrogens with zero attached hydrogens (tertiary/aromatic N) is 1. The minimum absolute atomic E-state index is 0.00379. The van der Waals surface area contributed by atoms with Crippen molar-refractivity contribution in [1.29, 1.82) is 0 Å². The van der Waals surface area contributed by atoms with Gasteiger partial charge in [0.15, 0.2) is 11.5 Å². The van der Waals surface area contributed by atoms with Crippen LogP contribution in [0.2, 0.25) is 0 Å². The van der Waals surface area contributed by atoms with Crippen molar-refractivity contribution in [2.45, 2.75) is 19.9 Å². The molecule has 5 heteroatoms. The van der Waals surface area contributed by atoms with E-state index in [1.807, 2.05) is 38.1 Å². The summed E-state index contributed by atoms with van der Waals surface area (Å²) < 4.78 is 12.2. The second-order valence-electron chi connectivity index (χ2n) is 5.01. The lowest BCUT2D eigenvalue weighted by Gasteiger charge is -2.18. The molecule has 2 N–H and O–H groups in total. The SMILES string of the molecule is COc1ccc(-c2ccc(N)c(=O)n2C(C)C)cc1OC. The molecule has 1 heterocycles. The highest BCUT2D eigenvalue weighted by Gasteiger charge is 2.13. The van der Waals surface area contributed by atoms with Gasteiger partial charge in [0.1, 0.15) is 0 Å². The van der Waals surface area contributed by atoms with E-state index in [0.29, 0.717) is 11.5 Å². The minimum atomic E-state index is -0.183. The molecule has 21 heavy (non-hydrogen) atoms. The van der Waals surface area contributed by atoms with Gasteiger partial charge in [0.05, 0.1) is 25.6 Å². The molecule has 5 nitrogen and oxygen atoms in total. The third-order valence-corrected chi connectivity index (χ3v) is 3.34. The molecule has 0 atom stereocenters. The van der Waals surface area contributed by atoms with Crippen molar-refractivity contribution in [3.8, 4) is 22.8 Å². The van der Waals surface area contributed by atoms with Crippen LogP contribution in [0.3, 0.4) is 0 Å². The first-order chi connectivity index (χ1) is 9.99. The summed E-state index contributed by atoms with van der Waals surface area (Å²) in [4.78, 5) is 12.3. The number of nitrogen functional groups attached to an aromatic ring is 1. The molecule has 0 radical (unpaired) electrons. The van der Waals surface area contributed by atoms with Gasteiger partial charge in [-0.2, -0.15) is 0 Å². The fraction of sp³-hybridized carbons (Fsp3) is 0.312. The smallest absolute Gasteiger partial charge is 0.274 e. The largest absolute Gasteiger partial charge is 0.493 e. The molecule has 112 valence electrons. The van der Waals surface area contributed by atoms with Crippen LogP contribution in [0.5, 0.6) is 11.5 Å². The van der Waals surface area contributed by atoms with Gasteiger partial charge in [0.25, 0.3) is 5.56 Å². The van der Waals surface area contributed by atoms with Crippen LogP contribution in [0.25, 0.3) is 11.3 Å². The molecule has 0 fully saturated rings. The van der Waals surface area contributed by atoms with Gasteiger partial charge in [0, 0.05) is 11.6 Å². The highest BCUT2D eigenvalue weighted by molar-refractivity contribution is 5.65. The summed E-state index contributed by atoms with van der Waals surface area (Å²) in [6, 6.07) is 9.04. The van der Waals surface area contributed by atoms with Crippen LogP contribution in [0.15, 0.2) is 35.1 Å². The molecule has 0 saturated carbocycles. The zero-order valence-corrected chi connectivity index (χ0v) is 12.7. The molecular weight excluding hydrogens is 268 g/mol. The van der Waals surface area contributed by atoms with Gasteiger partial charge in [-0.25, -0.2) is 0 Å². The zero-order valence-electron chi connectivity index (χ0n) is 12.7. The van der Waals surface area contributed by atoms with Crippen LogP contribution >= 0.6 is 0 Å². The van der Waals surface area contributed by atoms with Crippen molar-refractivity contribution in [1.82, 2.24) is 4.57 Å². The third kappa shape index (κ3) is 2.72. The maximum Gasteiger partial charge on any atom is 0.274 e. The summed E-state index contributed by atoms with van der Waals surface area (Å²) in [6.07, 6.45) is 0. The Morgan fingerprint density at radius 1 is 1.05 bits per heavy atom. The first kappa shape index (κ1) is 15.0. The lowest BCUT2D eigenvalue weighted by Crippen LogP contribution is -2.25. The van der Waals surface area contributed by atoms with Crippen molar-refractivity contribution < 1.29 is 9.47 Å². The van der Waals surface area contributed by atoms with E-state index >= 15 is 0 Å². The standard InChI is InChI=1S/C16H20N2O3/c1-10(2)18-13(7-6-12(17)16(18)19)11-5-8-14(20-3)15(9-11)21-4/h5-10H,17H2,1-4H3. The molecule has 1 aromatic carbocycles. The van der Waals surface area contributed by atoms with E-state index in [1.165, 1.54) is 0 Å². The molecule has 0 saturated heterocycles. The van der Waals surface area contributed by atoms with Crippen molar-refractivity contribution in [3.63, 3.8) is 0 Å². The molecule has 0 aliphatic rings. The summed E-state index contributed by atoms with van der Waals surface area (Å²) in [5, 5.41) is 0.